The minimum Gasteiger partial charge on any atom is -0.329 e. The van der Waals surface area contributed by atoms with Crippen LogP contribution in [0.2, 0.25) is 0 Å². The molecule has 0 aromatic rings. The first-order valence-corrected chi connectivity index (χ1v) is 9.59. The number of carbonyl (C=O) groups excluding carboxylic acids is 1. The maximum Gasteiger partial charge on any atom is 0.230 e. The summed E-state index contributed by atoms with van der Waals surface area (Å²) in [4.78, 5) is 13.1. The van der Waals surface area contributed by atoms with E-state index in [1.165, 1.54) is 12.8 Å². The van der Waals surface area contributed by atoms with E-state index in [-0.39, 0.29) is 11.3 Å². The molecule has 23 heavy (non-hydrogen) atoms. The molecule has 2 aliphatic rings. The van der Waals surface area contributed by atoms with Crippen LogP contribution in [0, 0.1) is 17.8 Å². The van der Waals surface area contributed by atoms with Crippen LogP contribution in [0.4, 0.5) is 0 Å². The van der Waals surface area contributed by atoms with Gasteiger partial charge in [0.25, 0.3) is 0 Å². The maximum atomic E-state index is 13.1. The van der Waals surface area contributed by atoms with Crippen LogP contribution >= 0.6 is 23.2 Å². The zero-order valence-electron chi connectivity index (χ0n) is 14.3. The van der Waals surface area contributed by atoms with Gasteiger partial charge in [0, 0.05) is 22.6 Å². The Labute approximate surface area is 150 Å². The average molecular weight is 357 g/mol. The van der Waals surface area contributed by atoms with Crippen molar-refractivity contribution >= 4 is 29.1 Å². The van der Waals surface area contributed by atoms with E-state index in [0.717, 1.165) is 44.2 Å². The molecule has 0 heterocycles. The molecule has 1 N–H and O–H groups in total. The van der Waals surface area contributed by atoms with Crippen LogP contribution < -0.4 is 5.32 Å². The van der Waals surface area contributed by atoms with Crippen molar-refractivity contribution in [3.8, 4) is 0 Å². The lowest BCUT2D eigenvalue weighted by atomic mass is 9.74. The van der Waals surface area contributed by atoms with Crippen LogP contribution in [0.25, 0.3) is 0 Å². The Kier molecular flexibility index (Phi) is 7.03. The molecule has 2 rings (SSSR count). The molecule has 0 aliphatic heterocycles. The number of hydrogen-bond acceptors (Lipinski definition) is 1. The number of halogens is 2. The number of carbonyl (C=O) groups is 1. The lowest BCUT2D eigenvalue weighted by Gasteiger charge is -2.33. The smallest absolute Gasteiger partial charge is 0.230 e. The number of allylic oxidation sites excluding steroid dienone is 4. The third-order valence-electron chi connectivity index (χ3n) is 5.04. The predicted octanol–water partition coefficient (Wildman–Crippen LogP) is 6.06. The van der Waals surface area contributed by atoms with Crippen molar-refractivity contribution in [2.45, 2.75) is 71.6 Å². The Morgan fingerprint density at radius 1 is 1.22 bits per heavy atom. The molecule has 0 spiro atoms. The predicted molar refractivity (Wildman–Crippen MR) is 98.1 cm³/mol. The zero-order valence-corrected chi connectivity index (χ0v) is 15.8. The van der Waals surface area contributed by atoms with Crippen LogP contribution in [-0.4, -0.2) is 5.91 Å². The summed E-state index contributed by atoms with van der Waals surface area (Å²) >= 11 is 12.1. The summed E-state index contributed by atoms with van der Waals surface area (Å²) in [6, 6.07) is 0. The van der Waals surface area contributed by atoms with Crippen molar-refractivity contribution in [3.05, 3.63) is 28.3 Å². The summed E-state index contributed by atoms with van der Waals surface area (Å²) in [6.45, 7) is 4.46. The fourth-order valence-electron chi connectivity index (χ4n) is 3.48. The third-order valence-corrected chi connectivity index (χ3v) is 5.83. The topological polar surface area (TPSA) is 29.1 Å². The van der Waals surface area contributed by atoms with E-state index in [2.05, 4.69) is 19.2 Å². The Bertz CT molecular complexity index is 486. The van der Waals surface area contributed by atoms with Crippen LogP contribution in [0.15, 0.2) is 21.8 Å². The van der Waals surface area contributed by atoms with Crippen molar-refractivity contribution in [2.75, 3.05) is 0 Å². The zero-order chi connectivity index (χ0) is 16.9. The second-order valence-corrected chi connectivity index (χ2v) is 8.21. The van der Waals surface area contributed by atoms with Gasteiger partial charge in [-0.25, -0.2) is 0 Å². The van der Waals surface area contributed by atoms with Gasteiger partial charge < -0.3 is 5.32 Å². The Hall–Kier alpha value is -0.470. The first-order chi connectivity index (χ1) is 10.9. The molecular weight excluding hydrogens is 329 g/mol. The highest BCUT2D eigenvalue weighted by Crippen LogP contribution is 2.41. The summed E-state index contributed by atoms with van der Waals surface area (Å²) in [5, 5.41) is 4.28. The Morgan fingerprint density at radius 3 is 2.43 bits per heavy atom. The van der Waals surface area contributed by atoms with Crippen molar-refractivity contribution < 1.29 is 4.79 Å². The highest BCUT2D eigenvalue weighted by atomic mass is 35.5. The lowest BCUT2D eigenvalue weighted by Crippen LogP contribution is -2.41. The molecule has 0 aromatic heterocycles. The standard InChI is InChI=1S/C19H28Cl2NO/c1-14(2)9-12-19(10-5-3-4-6-11-19)18(23)22-15-7-8-16(20)17(21)13-15/h7,13-14H,3-6,8-12H2,1-2H3,(H,22,23). The van der Waals surface area contributed by atoms with Crippen LogP contribution in [0.5, 0.6) is 0 Å². The van der Waals surface area contributed by atoms with Gasteiger partial charge in [-0.1, -0.05) is 62.7 Å². The van der Waals surface area contributed by atoms with Gasteiger partial charge in [0.1, 0.15) is 0 Å². The molecule has 0 unspecified atom stereocenters. The molecule has 0 bridgehead atoms. The molecule has 129 valence electrons. The SMILES string of the molecule is CC(C)CCC1(C(=O)NC2=CC(Cl)=C(Cl)C[CH]2)CCCCCC1. The van der Waals surface area contributed by atoms with Crippen LogP contribution in [0.1, 0.15) is 71.6 Å². The molecule has 2 aliphatic carbocycles. The molecule has 1 amide bonds. The summed E-state index contributed by atoms with van der Waals surface area (Å²) in [5.41, 5.74) is 0.574. The van der Waals surface area contributed by atoms with Gasteiger partial charge in [-0.15, -0.1) is 0 Å². The molecule has 1 fully saturated rings. The highest BCUT2D eigenvalue weighted by Gasteiger charge is 2.38. The quantitative estimate of drug-likeness (QED) is 0.595. The number of nitrogens with one attached hydrogen (secondary N) is 1. The normalized spacial score (nSPS) is 21.9. The van der Waals surface area contributed by atoms with Gasteiger partial charge in [0.2, 0.25) is 5.91 Å². The molecule has 1 radical (unpaired) electrons. The van der Waals surface area contributed by atoms with Crippen molar-refractivity contribution in [2.24, 2.45) is 11.3 Å². The number of rotatable bonds is 5. The Balaban J connectivity index is 2.11. The van der Waals surface area contributed by atoms with E-state index in [1.54, 1.807) is 6.08 Å². The van der Waals surface area contributed by atoms with E-state index in [0.29, 0.717) is 22.4 Å². The van der Waals surface area contributed by atoms with Crippen molar-refractivity contribution in [1.82, 2.24) is 5.32 Å². The van der Waals surface area contributed by atoms with Crippen molar-refractivity contribution in [1.29, 1.82) is 0 Å². The van der Waals surface area contributed by atoms with Gasteiger partial charge in [0.05, 0.1) is 5.03 Å². The van der Waals surface area contributed by atoms with Gasteiger partial charge in [0.15, 0.2) is 0 Å². The van der Waals surface area contributed by atoms with E-state index >= 15 is 0 Å². The first-order valence-electron chi connectivity index (χ1n) is 8.83. The monoisotopic (exact) mass is 356 g/mol. The van der Waals surface area contributed by atoms with E-state index in [1.807, 2.05) is 6.42 Å². The second-order valence-electron chi connectivity index (χ2n) is 7.34. The molecule has 0 aromatic carbocycles. The van der Waals surface area contributed by atoms with Crippen LogP contribution in [-0.2, 0) is 4.79 Å². The Morgan fingerprint density at radius 2 is 1.87 bits per heavy atom. The minimum atomic E-state index is -0.215. The lowest BCUT2D eigenvalue weighted by molar-refractivity contribution is -0.131. The maximum absolute atomic E-state index is 13.1. The van der Waals surface area contributed by atoms with E-state index in [9.17, 15) is 4.79 Å². The fourth-order valence-corrected chi connectivity index (χ4v) is 3.81. The molecule has 0 saturated heterocycles. The molecule has 0 atom stereocenters. The summed E-state index contributed by atoms with van der Waals surface area (Å²) < 4.78 is 0. The average Bonchev–Trinajstić information content (AvgIpc) is 2.75. The number of amides is 1. The summed E-state index contributed by atoms with van der Waals surface area (Å²) in [6.07, 6.45) is 13.2. The highest BCUT2D eigenvalue weighted by molar-refractivity contribution is 6.40. The number of hydrogen-bond donors (Lipinski definition) is 1. The summed E-state index contributed by atoms with van der Waals surface area (Å²) in [5.74, 6) is 0.796. The van der Waals surface area contributed by atoms with Gasteiger partial charge in [-0.05, 0) is 44.1 Å². The van der Waals surface area contributed by atoms with E-state index < -0.39 is 0 Å². The van der Waals surface area contributed by atoms with Gasteiger partial charge in [-0.2, -0.15) is 0 Å². The first kappa shape index (κ1) is 18.9. The molecule has 2 nitrogen and oxygen atoms in total. The van der Waals surface area contributed by atoms with Crippen molar-refractivity contribution in [3.63, 3.8) is 0 Å². The second kappa shape index (κ2) is 8.58. The molecule has 1 saturated carbocycles. The minimum absolute atomic E-state index is 0.171. The molecule has 4 heteroatoms. The van der Waals surface area contributed by atoms with Gasteiger partial charge in [-0.3, -0.25) is 4.79 Å². The third kappa shape index (κ3) is 5.26. The summed E-state index contributed by atoms with van der Waals surface area (Å²) in [7, 11) is 0. The largest absolute Gasteiger partial charge is 0.329 e. The van der Waals surface area contributed by atoms with E-state index in [4.69, 9.17) is 23.2 Å². The van der Waals surface area contributed by atoms with Gasteiger partial charge >= 0.3 is 0 Å². The fraction of sp³-hybridized carbons (Fsp3) is 0.684. The molecular formula is C19H28Cl2NO. The van der Waals surface area contributed by atoms with Crippen LogP contribution in [0.3, 0.4) is 0 Å².